The number of esters is 4. The van der Waals surface area contributed by atoms with E-state index in [-0.39, 0.29) is 102 Å². The molecule has 0 saturated heterocycles. The SMILES string of the molecule is BrCCCCBr.C.C.C.C.C.C.CCOC(=O)C1(CCCCBr)CCC1.CCOC(=O)C1(CCCCC(=O)CCCCC2(C(=O)OCC)CCC2)CCC1.CCOC(=O)C1CCC1.O=C(CCCCC1(C(=O)O)CCC1)CCCCC1(C(=O)O)CCC1.O=C(O)C1(CCCCC(O)CCCCC2(C(=O)O)CCC2)CCC1. The van der Waals surface area contributed by atoms with E-state index >= 15 is 0 Å². The van der Waals surface area contributed by atoms with Gasteiger partial charge in [0.2, 0.25) is 0 Å². The smallest absolute Gasteiger partial charge is 0.312 e. The molecule has 0 amide bonds. The summed E-state index contributed by atoms with van der Waals surface area (Å²) >= 11 is 10.1. The van der Waals surface area contributed by atoms with E-state index in [2.05, 4.69) is 47.8 Å². The molecule has 19 nitrogen and oxygen atoms in total. The number of rotatable bonds is 49. The molecule has 5 N–H and O–H groups in total. The van der Waals surface area contributed by atoms with Crippen molar-refractivity contribution in [1.29, 1.82) is 0 Å². The number of aliphatic hydroxyl groups is 1. The summed E-state index contributed by atoms with van der Waals surface area (Å²) in [6.07, 6.45) is 46.8. The van der Waals surface area contributed by atoms with Crippen LogP contribution < -0.4 is 0 Å². The van der Waals surface area contributed by atoms with Crippen LogP contribution in [0.25, 0.3) is 0 Å². The minimum atomic E-state index is -0.677. The van der Waals surface area contributed by atoms with E-state index in [1.807, 2.05) is 27.7 Å². The maximum atomic E-state index is 12.1. The van der Waals surface area contributed by atoms with Crippen molar-refractivity contribution in [2.24, 2.45) is 43.8 Å². The Labute approximate surface area is 700 Å². The van der Waals surface area contributed by atoms with E-state index < -0.39 is 45.5 Å². The number of ether oxygens (including phenoxy) is 4. The fourth-order valence-electron chi connectivity index (χ4n) is 15.9. The van der Waals surface area contributed by atoms with Gasteiger partial charge in [0.1, 0.15) is 11.6 Å². The van der Waals surface area contributed by atoms with Gasteiger partial charge in [0, 0.05) is 41.7 Å². The Kier molecular flexibility index (Phi) is 63.4. The van der Waals surface area contributed by atoms with E-state index in [0.29, 0.717) is 70.7 Å². The summed E-state index contributed by atoms with van der Waals surface area (Å²) in [5.41, 5.74) is -2.57. The quantitative estimate of drug-likeness (QED) is 0.0164. The van der Waals surface area contributed by atoms with Gasteiger partial charge in [0.15, 0.2) is 0 Å². The Balaban J connectivity index is -0.000000644. The minimum Gasteiger partial charge on any atom is -0.481 e. The first-order chi connectivity index (χ1) is 50.3. The second kappa shape index (κ2) is 61.8. The van der Waals surface area contributed by atoms with Crippen LogP contribution in [0.4, 0.5) is 0 Å². The summed E-state index contributed by atoms with van der Waals surface area (Å²) in [7, 11) is 0. The summed E-state index contributed by atoms with van der Waals surface area (Å²) in [6.45, 7) is 9.34. The van der Waals surface area contributed by atoms with Crippen LogP contribution in [0.15, 0.2) is 0 Å². The van der Waals surface area contributed by atoms with Crippen LogP contribution in [-0.2, 0) is 66.9 Å². The van der Waals surface area contributed by atoms with Gasteiger partial charge >= 0.3 is 47.8 Å². The lowest BCUT2D eigenvalue weighted by atomic mass is 9.65. The number of hydrogen-bond donors (Lipinski definition) is 5. The van der Waals surface area contributed by atoms with E-state index in [9.17, 15) is 73.5 Å². The third kappa shape index (κ3) is 38.6. The minimum absolute atomic E-state index is 0. The molecular weight excluding hydrogens is 1610 g/mol. The Bertz CT molecular complexity index is 2430. The average Bonchev–Trinajstić information content (AvgIpc) is 0.802. The van der Waals surface area contributed by atoms with E-state index in [1.165, 1.54) is 25.7 Å². The predicted octanol–water partition coefficient (Wildman–Crippen LogP) is 24.3. The molecule has 654 valence electrons. The van der Waals surface area contributed by atoms with E-state index in [4.69, 9.17) is 18.9 Å². The third-order valence-electron chi connectivity index (χ3n) is 24.7. The molecule has 0 aromatic heterocycles. The molecule has 8 aliphatic carbocycles. The number of alkyl halides is 3. The lowest BCUT2D eigenvalue weighted by Gasteiger charge is -2.39. The molecule has 22 heteroatoms. The molecule has 0 aliphatic heterocycles. The summed E-state index contributed by atoms with van der Waals surface area (Å²) < 4.78 is 20.4. The number of ketones is 2. The number of aliphatic carboxylic acids is 4. The fourth-order valence-corrected chi connectivity index (χ4v) is 17.1. The maximum Gasteiger partial charge on any atom is 0.312 e. The van der Waals surface area contributed by atoms with Gasteiger partial charge in [-0.3, -0.25) is 47.9 Å². The van der Waals surface area contributed by atoms with Crippen molar-refractivity contribution in [2.75, 3.05) is 42.4 Å². The molecule has 8 rings (SSSR count). The topological polar surface area (TPSA) is 309 Å². The molecule has 8 fully saturated rings. The van der Waals surface area contributed by atoms with Crippen molar-refractivity contribution < 1.29 is 92.4 Å². The number of hydrogen-bond acceptors (Lipinski definition) is 15. The van der Waals surface area contributed by atoms with Gasteiger partial charge in [-0.2, -0.15) is 0 Å². The van der Waals surface area contributed by atoms with Gasteiger partial charge in [-0.1, -0.05) is 202 Å². The first-order valence-corrected chi connectivity index (χ1v) is 44.7. The van der Waals surface area contributed by atoms with Crippen molar-refractivity contribution in [2.45, 2.75) is 419 Å². The third-order valence-corrected chi connectivity index (χ3v) is 26.4. The number of carboxylic acids is 4. The summed E-state index contributed by atoms with van der Waals surface area (Å²) in [6, 6.07) is 0. The van der Waals surface area contributed by atoms with Gasteiger partial charge in [-0.15, -0.1) is 0 Å². The highest BCUT2D eigenvalue weighted by atomic mass is 79.9. The molecule has 111 heavy (non-hydrogen) atoms. The zero-order valence-corrected chi connectivity index (χ0v) is 69.9. The number of unbranched alkanes of at least 4 members (excludes halogenated alkanes) is 8. The Morgan fingerprint density at radius 2 is 0.514 bits per heavy atom. The molecule has 0 heterocycles. The van der Waals surface area contributed by atoms with Gasteiger partial charge < -0.3 is 44.5 Å². The van der Waals surface area contributed by atoms with Gasteiger partial charge in [-0.05, 0) is 233 Å². The predicted molar refractivity (Wildman–Crippen MR) is 460 cm³/mol. The van der Waals surface area contributed by atoms with Crippen molar-refractivity contribution in [1.82, 2.24) is 0 Å². The maximum absolute atomic E-state index is 12.1. The highest BCUT2D eigenvalue weighted by Crippen LogP contribution is 2.51. The molecule has 0 bridgehead atoms. The fraction of sp³-hybridized carbons (Fsp3) is 0.888. The van der Waals surface area contributed by atoms with Crippen LogP contribution >= 0.6 is 47.8 Å². The lowest BCUT2D eigenvalue weighted by Crippen LogP contribution is -2.39. The zero-order chi connectivity index (χ0) is 77.7. The van der Waals surface area contributed by atoms with E-state index in [1.54, 1.807) is 0 Å². The summed E-state index contributed by atoms with van der Waals surface area (Å²) in [5.74, 6) is -1.93. The molecule has 0 radical (unpaired) electrons. The van der Waals surface area contributed by atoms with Gasteiger partial charge in [-0.25, -0.2) is 0 Å². The van der Waals surface area contributed by atoms with Crippen LogP contribution in [0.3, 0.4) is 0 Å². The van der Waals surface area contributed by atoms with Crippen molar-refractivity contribution in [3.8, 4) is 0 Å². The van der Waals surface area contributed by atoms with Crippen LogP contribution in [0.5, 0.6) is 0 Å². The van der Waals surface area contributed by atoms with Crippen molar-refractivity contribution >= 4 is 107 Å². The first-order valence-electron chi connectivity index (χ1n) is 41.3. The number of carbonyl (C=O) groups excluding carboxylic acids is 6. The standard InChI is InChI=1S/C23H38O5.C19H32O5.C19H30O5.C11H19BrO2.C7H12O2.C4H8Br2.6CH4/c1-3-27-20(25)22(15-9-16-22)13-7-5-11-19(24)12-6-8-14-23(17-10-18-23)21(26)28-4-2;2*20-15(7-1-3-9-18(16(21)22)11-5-12-18)8-2-4-10-19(17(23)24)13-6-14-19;1-2-14-10(13)11(7-5-8-11)6-3-4-9-12;1-2-9-7(8)6-4-3-5-6;5-3-1-2-4-6;;;;;;/h3-18H2,1-2H3;15,20H,1-14H2,(H,21,22)(H,23,24);1-14H2,(H,21,22)(H,23,24);2-9H2,1H3;6H,2-5H2,1H3;1-4H2;6*1H4. The Hall–Kier alpha value is -3.50. The number of carbonyl (C=O) groups is 10. The van der Waals surface area contributed by atoms with E-state index in [0.717, 1.165) is 292 Å². The zero-order valence-electron chi connectivity index (χ0n) is 65.2. The van der Waals surface area contributed by atoms with Crippen LogP contribution in [0, 0.1) is 43.8 Å². The number of aliphatic hydroxyl groups excluding tert-OH is 1. The highest BCUT2D eigenvalue weighted by molar-refractivity contribution is 9.09. The largest absolute Gasteiger partial charge is 0.481 e. The van der Waals surface area contributed by atoms with Crippen LogP contribution in [0.2, 0.25) is 0 Å². The molecule has 0 unspecified atom stereocenters. The summed E-state index contributed by atoms with van der Waals surface area (Å²) in [4.78, 5) is 116. The Morgan fingerprint density at radius 1 is 0.306 bits per heavy atom. The molecule has 0 aromatic carbocycles. The lowest BCUT2D eigenvalue weighted by molar-refractivity contribution is -0.162. The average molecular weight is 1780 g/mol. The van der Waals surface area contributed by atoms with Crippen LogP contribution in [0.1, 0.15) is 413 Å². The number of Topliss-reactive ketones (excluding diaryl/α,β-unsaturated/α-hetero) is 2. The summed E-state index contributed by atoms with van der Waals surface area (Å²) in [5, 5.41) is 50.4. The molecule has 0 atom stereocenters. The molecule has 8 aliphatic rings. The van der Waals surface area contributed by atoms with Gasteiger partial charge in [0.05, 0.1) is 76.4 Å². The van der Waals surface area contributed by atoms with Crippen LogP contribution in [-0.4, -0.2) is 133 Å². The van der Waals surface area contributed by atoms with Gasteiger partial charge in [0.25, 0.3) is 0 Å². The number of carboxylic acid groups (broad SMARTS) is 4. The molecular formula is C89H163Br3O19. The molecule has 0 aromatic rings. The van der Waals surface area contributed by atoms with Crippen molar-refractivity contribution in [3.05, 3.63) is 0 Å². The van der Waals surface area contributed by atoms with Crippen molar-refractivity contribution in [3.63, 3.8) is 0 Å². The first kappa shape index (κ1) is 114. The Morgan fingerprint density at radius 3 is 0.694 bits per heavy atom. The normalized spacial score (nSPS) is 18.2. The molecule has 0 spiro atoms. The monoisotopic (exact) mass is 1770 g/mol. The molecule has 8 saturated carbocycles. The number of halogens is 3. The highest BCUT2D eigenvalue weighted by Gasteiger charge is 2.49. The second-order valence-electron chi connectivity index (χ2n) is 32.0. The second-order valence-corrected chi connectivity index (χ2v) is 34.4.